The molecule has 0 aromatic heterocycles. The second kappa shape index (κ2) is 8.51. The van der Waals surface area contributed by atoms with Gasteiger partial charge in [0.25, 0.3) is 0 Å². The lowest BCUT2D eigenvalue weighted by Gasteiger charge is -2.42. The van der Waals surface area contributed by atoms with E-state index in [1.807, 2.05) is 0 Å². The van der Waals surface area contributed by atoms with Crippen LogP contribution in [0.5, 0.6) is 0 Å². The van der Waals surface area contributed by atoms with Crippen molar-refractivity contribution in [1.29, 1.82) is 0 Å². The maximum atomic E-state index is 2.47. The van der Waals surface area contributed by atoms with Crippen LogP contribution in [-0.4, -0.2) is 8.07 Å². The summed E-state index contributed by atoms with van der Waals surface area (Å²) in [5.74, 6) is 2.16. The van der Waals surface area contributed by atoms with E-state index in [-0.39, 0.29) is 0 Å². The molecule has 1 heterocycles. The third kappa shape index (κ3) is 4.29. The summed E-state index contributed by atoms with van der Waals surface area (Å²) in [4.78, 5) is 0. The van der Waals surface area contributed by atoms with Gasteiger partial charge in [-0.3, -0.25) is 0 Å². The highest BCUT2D eigenvalue weighted by atomic mass is 28.3. The van der Waals surface area contributed by atoms with Crippen molar-refractivity contribution >= 4 is 13.3 Å². The molecule has 2 fully saturated rings. The molecule has 0 radical (unpaired) electrons. The fourth-order valence-corrected chi connectivity index (χ4v) is 10.7. The van der Waals surface area contributed by atoms with Gasteiger partial charge >= 0.3 is 0 Å². The van der Waals surface area contributed by atoms with E-state index in [0.717, 1.165) is 11.8 Å². The van der Waals surface area contributed by atoms with E-state index in [0.29, 0.717) is 0 Å². The van der Waals surface area contributed by atoms with Crippen LogP contribution in [0.1, 0.15) is 71.1 Å². The van der Waals surface area contributed by atoms with Gasteiger partial charge in [-0.25, -0.2) is 0 Å². The van der Waals surface area contributed by atoms with Crippen molar-refractivity contribution in [3.63, 3.8) is 0 Å². The van der Waals surface area contributed by atoms with Crippen LogP contribution in [0.25, 0.3) is 0 Å². The Morgan fingerprint density at radius 2 is 1.48 bits per heavy atom. The molecule has 3 rings (SSSR count). The highest BCUT2D eigenvalue weighted by Crippen LogP contribution is 2.43. The Labute approximate surface area is 145 Å². The van der Waals surface area contributed by atoms with Gasteiger partial charge in [0.15, 0.2) is 0 Å². The van der Waals surface area contributed by atoms with E-state index in [9.17, 15) is 0 Å². The van der Waals surface area contributed by atoms with Crippen LogP contribution in [0, 0.1) is 11.8 Å². The molecule has 0 atom stereocenters. The van der Waals surface area contributed by atoms with Crippen LogP contribution < -0.4 is 5.19 Å². The molecule has 0 N–H and O–H groups in total. The fourth-order valence-electron chi connectivity index (χ4n) is 5.46. The van der Waals surface area contributed by atoms with Gasteiger partial charge in [-0.05, 0) is 11.8 Å². The monoisotopic (exact) mass is 328 g/mol. The van der Waals surface area contributed by atoms with E-state index in [1.54, 1.807) is 49.0 Å². The van der Waals surface area contributed by atoms with Crippen molar-refractivity contribution in [3.05, 3.63) is 30.3 Å². The summed E-state index contributed by atoms with van der Waals surface area (Å²) < 4.78 is 0. The molecule has 1 saturated carbocycles. The van der Waals surface area contributed by atoms with Gasteiger partial charge in [0.2, 0.25) is 0 Å². The third-order valence-corrected chi connectivity index (χ3v) is 12.3. The van der Waals surface area contributed by atoms with Gasteiger partial charge in [0.05, 0.1) is 8.07 Å². The van der Waals surface area contributed by atoms with Crippen molar-refractivity contribution < 1.29 is 0 Å². The van der Waals surface area contributed by atoms with Gasteiger partial charge in [0.1, 0.15) is 0 Å². The minimum absolute atomic E-state index is 1.07. The van der Waals surface area contributed by atoms with Gasteiger partial charge in [-0.2, -0.15) is 0 Å². The van der Waals surface area contributed by atoms with E-state index < -0.39 is 8.07 Å². The number of unbranched alkanes of at least 4 members (excludes halogenated alkanes) is 2. The molecular formula is C22H36Si. The Morgan fingerprint density at radius 1 is 0.826 bits per heavy atom. The number of benzene rings is 1. The summed E-state index contributed by atoms with van der Waals surface area (Å²) in [6.45, 7) is 2.34. The van der Waals surface area contributed by atoms with Crippen LogP contribution in [0.3, 0.4) is 0 Å². The van der Waals surface area contributed by atoms with Crippen LogP contribution in [-0.2, 0) is 0 Å². The van der Waals surface area contributed by atoms with Crippen molar-refractivity contribution in [2.75, 3.05) is 0 Å². The standard InChI is InChI=1S/C22H36Si/c1-2-3-10-17-23(22-13-8-5-9-14-22)18-15-21(16-19-23)20-11-6-4-7-12-20/h5,8-9,13-14,20-21H,2-4,6-7,10-12,15-19H2,1H3. The smallest absolute Gasteiger partial charge is 0.0654 e. The Bertz CT molecular complexity index is 438. The first kappa shape index (κ1) is 17.3. The summed E-state index contributed by atoms with van der Waals surface area (Å²) in [7, 11) is -1.20. The molecule has 0 amide bonds. The molecule has 1 heteroatoms. The summed E-state index contributed by atoms with van der Waals surface area (Å²) >= 11 is 0. The van der Waals surface area contributed by atoms with E-state index in [2.05, 4.69) is 37.3 Å². The Balaban J connectivity index is 1.66. The zero-order valence-electron chi connectivity index (χ0n) is 15.2. The second-order valence-electron chi connectivity index (χ2n) is 8.34. The molecule has 1 aliphatic heterocycles. The minimum Gasteiger partial charge on any atom is -0.0654 e. The van der Waals surface area contributed by atoms with Gasteiger partial charge in [-0.1, -0.05) is 125 Å². The first-order valence-electron chi connectivity index (χ1n) is 10.4. The number of rotatable bonds is 6. The van der Waals surface area contributed by atoms with Gasteiger partial charge < -0.3 is 0 Å². The van der Waals surface area contributed by atoms with Crippen LogP contribution in [0.2, 0.25) is 18.1 Å². The first-order valence-corrected chi connectivity index (χ1v) is 13.0. The van der Waals surface area contributed by atoms with Gasteiger partial charge in [0, 0.05) is 0 Å². The fraction of sp³-hybridized carbons (Fsp3) is 0.727. The van der Waals surface area contributed by atoms with Crippen molar-refractivity contribution in [2.24, 2.45) is 11.8 Å². The second-order valence-corrected chi connectivity index (χ2v) is 13.0. The molecule has 0 unspecified atom stereocenters. The molecule has 1 aromatic rings. The summed E-state index contributed by atoms with van der Waals surface area (Å²) in [5, 5.41) is 1.78. The lowest BCUT2D eigenvalue weighted by Crippen LogP contribution is -2.50. The zero-order valence-corrected chi connectivity index (χ0v) is 16.2. The summed E-state index contributed by atoms with van der Waals surface area (Å²) in [6, 6.07) is 16.4. The molecular weight excluding hydrogens is 292 g/mol. The zero-order chi connectivity index (χ0) is 16.0. The van der Waals surface area contributed by atoms with Crippen LogP contribution in [0.4, 0.5) is 0 Å². The predicted octanol–water partition coefficient (Wildman–Crippen LogP) is 6.52. The van der Waals surface area contributed by atoms with Crippen LogP contribution in [0.15, 0.2) is 30.3 Å². The molecule has 1 aliphatic carbocycles. The van der Waals surface area contributed by atoms with E-state index in [4.69, 9.17) is 0 Å². The molecule has 1 aromatic carbocycles. The molecule has 0 spiro atoms. The third-order valence-electron chi connectivity index (χ3n) is 6.95. The summed E-state index contributed by atoms with van der Waals surface area (Å²) in [6.07, 6.45) is 15.0. The highest BCUT2D eigenvalue weighted by Gasteiger charge is 2.40. The van der Waals surface area contributed by atoms with E-state index >= 15 is 0 Å². The summed E-state index contributed by atoms with van der Waals surface area (Å²) in [5.41, 5.74) is 0. The quantitative estimate of drug-likeness (QED) is 0.412. The molecule has 1 saturated heterocycles. The highest BCUT2D eigenvalue weighted by molar-refractivity contribution is 6.92. The molecule has 2 aliphatic rings. The molecule has 128 valence electrons. The number of hydrogen-bond donors (Lipinski definition) is 0. The largest absolute Gasteiger partial charge is 0.0867 e. The predicted molar refractivity (Wildman–Crippen MR) is 105 cm³/mol. The lowest BCUT2D eigenvalue weighted by molar-refractivity contribution is 0.229. The average molecular weight is 329 g/mol. The Morgan fingerprint density at radius 3 is 2.13 bits per heavy atom. The first-order chi connectivity index (χ1) is 11.3. The van der Waals surface area contributed by atoms with E-state index in [1.165, 1.54) is 38.5 Å². The maximum Gasteiger partial charge on any atom is 0.0867 e. The van der Waals surface area contributed by atoms with Crippen molar-refractivity contribution in [1.82, 2.24) is 0 Å². The number of hydrogen-bond acceptors (Lipinski definition) is 0. The van der Waals surface area contributed by atoms with Gasteiger partial charge in [-0.15, -0.1) is 0 Å². The lowest BCUT2D eigenvalue weighted by atomic mass is 9.77. The molecule has 0 nitrogen and oxygen atoms in total. The SMILES string of the molecule is CCCCC[Si]1(c2ccccc2)CCC(C2CCCCC2)CC1. The van der Waals surface area contributed by atoms with Crippen molar-refractivity contribution in [2.45, 2.75) is 89.3 Å². The van der Waals surface area contributed by atoms with Crippen molar-refractivity contribution in [3.8, 4) is 0 Å². The molecule has 0 bridgehead atoms. The minimum atomic E-state index is -1.20. The normalized spacial score (nSPS) is 29.5. The Kier molecular flexibility index (Phi) is 6.39. The molecule has 23 heavy (non-hydrogen) atoms. The van der Waals surface area contributed by atoms with Crippen LogP contribution >= 0.6 is 0 Å². The average Bonchev–Trinajstić information content (AvgIpc) is 2.64. The topological polar surface area (TPSA) is 0 Å². The maximum absolute atomic E-state index is 2.47. The Hall–Kier alpha value is -0.563.